The van der Waals surface area contributed by atoms with Crippen molar-refractivity contribution in [2.24, 2.45) is 0 Å². The lowest BCUT2D eigenvalue weighted by Crippen LogP contribution is -2.27. The molecule has 0 saturated carbocycles. The Morgan fingerprint density at radius 3 is 2.38 bits per heavy atom. The molecule has 5 nitrogen and oxygen atoms in total. The van der Waals surface area contributed by atoms with Crippen LogP contribution in [0.2, 0.25) is 0 Å². The minimum absolute atomic E-state index is 0.0462. The second kappa shape index (κ2) is 8.88. The first kappa shape index (κ1) is 21.2. The Hall–Kier alpha value is -2.51. The number of carbonyl (C=O) groups is 1. The van der Waals surface area contributed by atoms with Gasteiger partial charge in [-0.3, -0.25) is 9.69 Å². The van der Waals surface area contributed by atoms with Crippen molar-refractivity contribution in [2.75, 3.05) is 31.0 Å². The van der Waals surface area contributed by atoms with Gasteiger partial charge in [-0.15, -0.1) is 0 Å². The molecule has 29 heavy (non-hydrogen) atoms. The first-order valence-corrected chi connectivity index (χ1v) is 10.4. The lowest BCUT2D eigenvalue weighted by molar-refractivity contribution is -0.113. The Bertz CT molecular complexity index is 953. The van der Waals surface area contributed by atoms with Crippen LogP contribution in [-0.2, 0) is 4.79 Å². The summed E-state index contributed by atoms with van der Waals surface area (Å²) in [6.07, 6.45) is 1.87. The predicted octanol–water partition coefficient (Wildman–Crippen LogP) is 4.95. The zero-order chi connectivity index (χ0) is 21.1. The number of nitrogens with zero attached hydrogens (tertiary/aromatic N) is 2. The Kier molecular flexibility index (Phi) is 6.49. The maximum absolute atomic E-state index is 13.0. The molecule has 0 aliphatic carbocycles. The fraction of sp³-hybridized carbons (Fsp3) is 0.273. The minimum atomic E-state index is -0.126. The van der Waals surface area contributed by atoms with Crippen molar-refractivity contribution in [1.29, 1.82) is 0 Å². The van der Waals surface area contributed by atoms with Crippen LogP contribution < -0.4 is 19.3 Å². The van der Waals surface area contributed by atoms with Crippen LogP contribution in [0.3, 0.4) is 0 Å². The molecule has 7 heteroatoms. The fourth-order valence-corrected chi connectivity index (χ4v) is 4.17. The highest BCUT2D eigenvalue weighted by molar-refractivity contribution is 8.27. The zero-order valence-electron chi connectivity index (χ0n) is 17.1. The number of methoxy groups -OCH3 is 1. The highest BCUT2D eigenvalue weighted by Crippen LogP contribution is 2.37. The number of ether oxygens (including phenoxy) is 2. The van der Waals surface area contributed by atoms with Crippen molar-refractivity contribution in [1.82, 2.24) is 0 Å². The van der Waals surface area contributed by atoms with Gasteiger partial charge < -0.3 is 14.4 Å². The van der Waals surface area contributed by atoms with Crippen molar-refractivity contribution in [3.63, 3.8) is 0 Å². The monoisotopic (exact) mass is 428 g/mol. The molecule has 2 aromatic rings. The molecule has 1 amide bonds. The lowest BCUT2D eigenvalue weighted by atomic mass is 10.1. The second-order valence-corrected chi connectivity index (χ2v) is 8.68. The third kappa shape index (κ3) is 4.74. The molecular formula is C22H24N2O3S2. The van der Waals surface area contributed by atoms with Crippen molar-refractivity contribution < 1.29 is 14.3 Å². The van der Waals surface area contributed by atoms with Crippen LogP contribution in [-0.4, -0.2) is 37.5 Å². The molecule has 1 saturated heterocycles. The van der Waals surface area contributed by atoms with E-state index in [1.54, 1.807) is 12.0 Å². The first-order chi connectivity index (χ1) is 13.8. The summed E-state index contributed by atoms with van der Waals surface area (Å²) in [5.41, 5.74) is 2.67. The van der Waals surface area contributed by atoms with Crippen LogP contribution in [0.1, 0.15) is 19.4 Å². The van der Waals surface area contributed by atoms with Gasteiger partial charge in [0.1, 0.15) is 0 Å². The van der Waals surface area contributed by atoms with E-state index in [0.717, 1.165) is 16.9 Å². The predicted molar refractivity (Wildman–Crippen MR) is 125 cm³/mol. The summed E-state index contributed by atoms with van der Waals surface area (Å²) in [6, 6.07) is 13.4. The summed E-state index contributed by atoms with van der Waals surface area (Å²) < 4.78 is 11.7. The Labute approximate surface area is 181 Å². The van der Waals surface area contributed by atoms with E-state index in [2.05, 4.69) is 0 Å². The third-order valence-corrected chi connectivity index (χ3v) is 5.57. The van der Waals surface area contributed by atoms with Crippen LogP contribution in [0, 0.1) is 0 Å². The summed E-state index contributed by atoms with van der Waals surface area (Å²) in [4.78, 5) is 17.1. The van der Waals surface area contributed by atoms with Crippen LogP contribution in [0.5, 0.6) is 11.5 Å². The van der Waals surface area contributed by atoms with Gasteiger partial charge in [-0.25, -0.2) is 0 Å². The van der Waals surface area contributed by atoms with E-state index < -0.39 is 0 Å². The van der Waals surface area contributed by atoms with Crippen LogP contribution in [0.15, 0.2) is 47.4 Å². The van der Waals surface area contributed by atoms with E-state index in [4.69, 9.17) is 21.7 Å². The fourth-order valence-electron chi connectivity index (χ4n) is 2.87. The highest BCUT2D eigenvalue weighted by atomic mass is 32.2. The van der Waals surface area contributed by atoms with Crippen LogP contribution >= 0.6 is 24.0 Å². The first-order valence-electron chi connectivity index (χ1n) is 9.20. The molecule has 1 aliphatic heterocycles. The average molecular weight is 429 g/mol. The lowest BCUT2D eigenvalue weighted by Gasteiger charge is -2.17. The molecule has 1 heterocycles. The number of thiocarbonyl (C=S) groups is 1. The third-order valence-electron chi connectivity index (χ3n) is 4.27. The van der Waals surface area contributed by atoms with E-state index >= 15 is 0 Å². The van der Waals surface area contributed by atoms with Gasteiger partial charge in [-0.2, -0.15) is 0 Å². The van der Waals surface area contributed by atoms with Crippen LogP contribution in [0.25, 0.3) is 6.08 Å². The standard InChI is InChI=1S/C22H24N2O3S2/c1-14(2)27-18-11-6-15(12-19(18)26-5)13-20-21(25)24(22(28)29-20)17-9-7-16(8-10-17)23(3)4/h6-14H,1-5H3/b20-13-. The van der Waals surface area contributed by atoms with Gasteiger partial charge in [0.25, 0.3) is 5.91 Å². The SMILES string of the molecule is COc1cc(/C=C2\SC(=S)N(c3ccc(N(C)C)cc3)C2=O)ccc1OC(C)C. The normalized spacial score (nSPS) is 15.4. The van der Waals surface area contributed by atoms with Crippen molar-refractivity contribution in [2.45, 2.75) is 20.0 Å². The molecule has 3 rings (SSSR count). The Balaban J connectivity index is 1.86. The van der Waals surface area contributed by atoms with Crippen molar-refractivity contribution >= 4 is 51.7 Å². The van der Waals surface area contributed by atoms with Gasteiger partial charge in [-0.1, -0.05) is 30.0 Å². The molecule has 0 spiro atoms. The van der Waals surface area contributed by atoms with Crippen molar-refractivity contribution in [3.8, 4) is 11.5 Å². The molecule has 0 aromatic heterocycles. The number of rotatable bonds is 6. The highest BCUT2D eigenvalue weighted by Gasteiger charge is 2.33. The minimum Gasteiger partial charge on any atom is -0.493 e. The number of carbonyl (C=O) groups excluding carboxylic acids is 1. The molecule has 0 unspecified atom stereocenters. The van der Waals surface area contributed by atoms with E-state index in [-0.39, 0.29) is 12.0 Å². The Morgan fingerprint density at radius 2 is 1.79 bits per heavy atom. The van der Waals surface area contributed by atoms with E-state index in [9.17, 15) is 4.79 Å². The smallest absolute Gasteiger partial charge is 0.270 e. The molecular weight excluding hydrogens is 404 g/mol. The summed E-state index contributed by atoms with van der Waals surface area (Å²) >= 11 is 6.76. The number of amides is 1. The van der Waals surface area contributed by atoms with Crippen molar-refractivity contribution in [3.05, 3.63) is 52.9 Å². The summed E-state index contributed by atoms with van der Waals surface area (Å²) in [7, 11) is 5.55. The summed E-state index contributed by atoms with van der Waals surface area (Å²) in [5.74, 6) is 1.18. The van der Waals surface area contributed by atoms with Gasteiger partial charge >= 0.3 is 0 Å². The molecule has 1 fully saturated rings. The molecule has 0 N–H and O–H groups in total. The molecule has 152 valence electrons. The quantitative estimate of drug-likeness (QED) is 0.479. The van der Waals surface area contributed by atoms with Gasteiger partial charge in [0.05, 0.1) is 23.8 Å². The van der Waals surface area contributed by atoms with Gasteiger partial charge in [0.15, 0.2) is 15.8 Å². The molecule has 0 atom stereocenters. The number of hydrogen-bond acceptors (Lipinski definition) is 6. The molecule has 0 radical (unpaired) electrons. The second-order valence-electron chi connectivity index (χ2n) is 7.00. The van der Waals surface area contributed by atoms with Crippen LogP contribution in [0.4, 0.5) is 11.4 Å². The Morgan fingerprint density at radius 1 is 1.10 bits per heavy atom. The molecule has 2 aromatic carbocycles. The molecule has 0 bridgehead atoms. The zero-order valence-corrected chi connectivity index (χ0v) is 18.8. The summed E-state index contributed by atoms with van der Waals surface area (Å²) in [5, 5.41) is 0. The van der Waals surface area contributed by atoms with Gasteiger partial charge in [0.2, 0.25) is 0 Å². The maximum Gasteiger partial charge on any atom is 0.270 e. The average Bonchev–Trinajstić information content (AvgIpc) is 2.95. The summed E-state index contributed by atoms with van der Waals surface area (Å²) in [6.45, 7) is 3.92. The number of thioether (sulfide) groups is 1. The number of benzene rings is 2. The van der Waals surface area contributed by atoms with E-state index in [0.29, 0.717) is 20.7 Å². The van der Waals surface area contributed by atoms with Gasteiger partial charge in [0, 0.05) is 19.8 Å². The van der Waals surface area contributed by atoms with Gasteiger partial charge in [-0.05, 0) is 61.9 Å². The number of hydrogen-bond donors (Lipinski definition) is 0. The van der Waals surface area contributed by atoms with E-state index in [1.807, 2.05) is 81.4 Å². The molecule has 1 aliphatic rings. The largest absolute Gasteiger partial charge is 0.493 e. The maximum atomic E-state index is 13.0. The topological polar surface area (TPSA) is 42.0 Å². The van der Waals surface area contributed by atoms with E-state index in [1.165, 1.54) is 11.8 Å². The number of anilines is 2.